The maximum absolute atomic E-state index is 12.2. The number of nitrogens with zero attached hydrogens (tertiary/aromatic N) is 5. The van der Waals surface area contributed by atoms with Gasteiger partial charge in [-0.3, -0.25) is 4.79 Å². The molecule has 0 atom stereocenters. The zero-order chi connectivity index (χ0) is 16.5. The van der Waals surface area contributed by atoms with Crippen molar-refractivity contribution < 1.29 is 4.79 Å². The van der Waals surface area contributed by atoms with Crippen LogP contribution in [0.4, 0.5) is 11.8 Å². The van der Waals surface area contributed by atoms with Crippen LogP contribution in [0.15, 0.2) is 6.07 Å². The summed E-state index contributed by atoms with van der Waals surface area (Å²) < 4.78 is 0. The number of aryl methyl sites for hydroxylation is 1. The fraction of sp³-hybridized carbons (Fsp3) is 0.722. The lowest BCUT2D eigenvalue weighted by Crippen LogP contribution is -2.49. The molecule has 24 heavy (non-hydrogen) atoms. The van der Waals surface area contributed by atoms with E-state index in [2.05, 4.69) is 20.9 Å². The van der Waals surface area contributed by atoms with Crippen LogP contribution in [-0.2, 0) is 4.79 Å². The lowest BCUT2D eigenvalue weighted by molar-refractivity contribution is -0.132. The van der Waals surface area contributed by atoms with Gasteiger partial charge in [-0.25, -0.2) is 4.98 Å². The summed E-state index contributed by atoms with van der Waals surface area (Å²) in [7, 11) is 0. The van der Waals surface area contributed by atoms with Crippen LogP contribution in [0, 0.1) is 12.8 Å². The molecule has 3 aliphatic rings. The summed E-state index contributed by atoms with van der Waals surface area (Å²) in [5, 5.41) is 0. The lowest BCUT2D eigenvalue weighted by Gasteiger charge is -2.35. The Morgan fingerprint density at radius 3 is 2.33 bits per heavy atom. The van der Waals surface area contributed by atoms with Crippen LogP contribution in [0.1, 0.15) is 37.8 Å². The molecule has 3 fully saturated rings. The van der Waals surface area contributed by atoms with Crippen molar-refractivity contribution in [1.82, 2.24) is 14.9 Å². The SMILES string of the molecule is Cc1cc(N2CCCCC2)nc(N2CCN(C(=O)C3CC3)CC2)n1. The molecular formula is C18H27N5O. The van der Waals surface area contributed by atoms with Crippen molar-refractivity contribution in [2.45, 2.75) is 39.0 Å². The third kappa shape index (κ3) is 3.32. The molecule has 3 heterocycles. The first-order valence-electron chi connectivity index (χ1n) is 9.35. The van der Waals surface area contributed by atoms with Crippen molar-refractivity contribution in [3.63, 3.8) is 0 Å². The van der Waals surface area contributed by atoms with E-state index >= 15 is 0 Å². The molecule has 130 valence electrons. The number of amides is 1. The molecule has 0 radical (unpaired) electrons. The highest BCUT2D eigenvalue weighted by Crippen LogP contribution is 2.31. The fourth-order valence-electron chi connectivity index (χ4n) is 3.68. The molecule has 6 heteroatoms. The van der Waals surface area contributed by atoms with Crippen molar-refractivity contribution in [2.75, 3.05) is 49.1 Å². The average Bonchev–Trinajstić information content (AvgIpc) is 3.47. The number of aromatic nitrogens is 2. The van der Waals surface area contributed by atoms with Crippen LogP contribution >= 0.6 is 0 Å². The van der Waals surface area contributed by atoms with E-state index in [1.54, 1.807) is 0 Å². The number of hydrogen-bond acceptors (Lipinski definition) is 5. The Hall–Kier alpha value is -1.85. The van der Waals surface area contributed by atoms with Crippen molar-refractivity contribution in [3.8, 4) is 0 Å². The van der Waals surface area contributed by atoms with Gasteiger partial charge in [-0.2, -0.15) is 4.98 Å². The number of rotatable bonds is 3. The zero-order valence-corrected chi connectivity index (χ0v) is 14.6. The first-order valence-corrected chi connectivity index (χ1v) is 9.35. The first-order chi connectivity index (χ1) is 11.7. The van der Waals surface area contributed by atoms with Gasteiger partial charge in [0.15, 0.2) is 0 Å². The maximum Gasteiger partial charge on any atom is 0.227 e. The van der Waals surface area contributed by atoms with Gasteiger partial charge in [-0.15, -0.1) is 0 Å². The third-order valence-electron chi connectivity index (χ3n) is 5.31. The summed E-state index contributed by atoms with van der Waals surface area (Å²) in [6, 6.07) is 2.10. The Balaban J connectivity index is 1.44. The molecule has 6 nitrogen and oxygen atoms in total. The number of piperazine rings is 1. The molecule has 0 spiro atoms. The normalized spacial score (nSPS) is 22.0. The summed E-state index contributed by atoms with van der Waals surface area (Å²) in [6.07, 6.45) is 5.99. The van der Waals surface area contributed by atoms with Crippen LogP contribution < -0.4 is 9.80 Å². The smallest absolute Gasteiger partial charge is 0.227 e. The monoisotopic (exact) mass is 329 g/mol. The largest absolute Gasteiger partial charge is 0.356 e. The lowest BCUT2D eigenvalue weighted by atomic mass is 10.1. The van der Waals surface area contributed by atoms with Crippen molar-refractivity contribution >= 4 is 17.7 Å². The Bertz CT molecular complexity index is 601. The second kappa shape index (κ2) is 6.57. The third-order valence-corrected chi connectivity index (χ3v) is 5.31. The van der Waals surface area contributed by atoms with Crippen LogP contribution in [0.3, 0.4) is 0 Å². The number of carbonyl (C=O) groups excluding carboxylic acids is 1. The quantitative estimate of drug-likeness (QED) is 0.847. The summed E-state index contributed by atoms with van der Waals surface area (Å²) >= 11 is 0. The Kier molecular flexibility index (Phi) is 4.29. The van der Waals surface area contributed by atoms with E-state index in [1.165, 1.54) is 19.3 Å². The van der Waals surface area contributed by atoms with Gasteiger partial charge in [0.25, 0.3) is 0 Å². The van der Waals surface area contributed by atoms with Crippen molar-refractivity contribution in [1.29, 1.82) is 0 Å². The highest BCUT2D eigenvalue weighted by Gasteiger charge is 2.34. The van der Waals surface area contributed by atoms with Crippen LogP contribution in [0.2, 0.25) is 0 Å². The second-order valence-electron chi connectivity index (χ2n) is 7.30. The van der Waals surface area contributed by atoms with Crippen LogP contribution in [0.25, 0.3) is 0 Å². The number of hydrogen-bond donors (Lipinski definition) is 0. The van der Waals surface area contributed by atoms with Crippen LogP contribution in [0.5, 0.6) is 0 Å². The summed E-state index contributed by atoms with van der Waals surface area (Å²) in [5.74, 6) is 2.56. The summed E-state index contributed by atoms with van der Waals surface area (Å²) in [6.45, 7) is 7.50. The van der Waals surface area contributed by atoms with E-state index in [4.69, 9.17) is 4.98 Å². The molecule has 2 saturated heterocycles. The number of carbonyl (C=O) groups is 1. The minimum absolute atomic E-state index is 0.317. The highest BCUT2D eigenvalue weighted by atomic mass is 16.2. The fourth-order valence-corrected chi connectivity index (χ4v) is 3.68. The molecule has 0 N–H and O–H groups in total. The van der Waals surface area contributed by atoms with Gasteiger partial charge in [0, 0.05) is 56.9 Å². The van der Waals surface area contributed by atoms with Crippen molar-refractivity contribution in [2.24, 2.45) is 5.92 Å². The van der Waals surface area contributed by atoms with Gasteiger partial charge in [0.05, 0.1) is 0 Å². The number of piperidine rings is 1. The predicted octanol–water partition coefficient (Wildman–Crippen LogP) is 1.83. The molecule has 0 aromatic carbocycles. The predicted molar refractivity (Wildman–Crippen MR) is 94.4 cm³/mol. The topological polar surface area (TPSA) is 52.6 Å². The Labute approximate surface area is 143 Å². The summed E-state index contributed by atoms with van der Waals surface area (Å²) in [5.41, 5.74) is 1.03. The van der Waals surface area contributed by atoms with E-state index in [1.807, 2.05) is 11.8 Å². The number of anilines is 2. The second-order valence-corrected chi connectivity index (χ2v) is 7.30. The Morgan fingerprint density at radius 1 is 0.958 bits per heavy atom. The standard InChI is InChI=1S/C18H27N5O/c1-14-13-16(21-7-3-2-4-8-21)20-18(19-14)23-11-9-22(10-12-23)17(24)15-5-6-15/h13,15H,2-12H2,1H3. The first kappa shape index (κ1) is 15.7. The van der Waals surface area contributed by atoms with E-state index < -0.39 is 0 Å². The van der Waals surface area contributed by atoms with E-state index in [0.717, 1.165) is 69.6 Å². The minimum atomic E-state index is 0.317. The van der Waals surface area contributed by atoms with Crippen LogP contribution in [-0.4, -0.2) is 60.0 Å². The molecule has 1 saturated carbocycles. The molecule has 0 unspecified atom stereocenters. The molecule has 1 aromatic rings. The highest BCUT2D eigenvalue weighted by molar-refractivity contribution is 5.81. The van der Waals surface area contributed by atoms with Gasteiger partial charge in [-0.05, 0) is 39.0 Å². The molecule has 1 aliphatic carbocycles. The van der Waals surface area contributed by atoms with E-state index in [9.17, 15) is 4.79 Å². The molecular weight excluding hydrogens is 302 g/mol. The van der Waals surface area contributed by atoms with Crippen molar-refractivity contribution in [3.05, 3.63) is 11.8 Å². The average molecular weight is 329 g/mol. The van der Waals surface area contributed by atoms with Gasteiger partial charge < -0.3 is 14.7 Å². The molecule has 2 aliphatic heterocycles. The minimum Gasteiger partial charge on any atom is -0.356 e. The summed E-state index contributed by atoms with van der Waals surface area (Å²) in [4.78, 5) is 28.3. The molecule has 1 aromatic heterocycles. The zero-order valence-electron chi connectivity index (χ0n) is 14.6. The van der Waals surface area contributed by atoms with Gasteiger partial charge in [0.2, 0.25) is 11.9 Å². The van der Waals surface area contributed by atoms with Gasteiger partial charge in [0.1, 0.15) is 5.82 Å². The van der Waals surface area contributed by atoms with E-state index in [0.29, 0.717) is 11.8 Å². The molecule has 1 amide bonds. The Morgan fingerprint density at radius 2 is 1.67 bits per heavy atom. The van der Waals surface area contributed by atoms with Gasteiger partial charge >= 0.3 is 0 Å². The van der Waals surface area contributed by atoms with E-state index in [-0.39, 0.29) is 0 Å². The maximum atomic E-state index is 12.2. The van der Waals surface area contributed by atoms with Gasteiger partial charge in [-0.1, -0.05) is 0 Å². The molecule has 0 bridgehead atoms. The molecule has 4 rings (SSSR count).